The molecule has 1 aromatic heterocycles. The van der Waals surface area contributed by atoms with E-state index < -0.39 is 6.10 Å². The zero-order valence-electron chi connectivity index (χ0n) is 19.8. The lowest BCUT2D eigenvalue weighted by atomic mass is 9.77. The monoisotopic (exact) mass is 478 g/mol. The molecule has 0 unspecified atom stereocenters. The van der Waals surface area contributed by atoms with Gasteiger partial charge in [-0.25, -0.2) is 4.98 Å². The topological polar surface area (TPSA) is 105 Å². The van der Waals surface area contributed by atoms with Crippen LogP contribution >= 0.6 is 0 Å². The van der Waals surface area contributed by atoms with Crippen LogP contribution in [0.1, 0.15) is 28.9 Å². The van der Waals surface area contributed by atoms with Crippen LogP contribution in [-0.4, -0.2) is 44.1 Å². The average Bonchev–Trinajstić information content (AvgIpc) is 2.89. The molecule has 3 heterocycles. The highest BCUT2D eigenvalue weighted by Gasteiger charge is 2.43. The molecule has 2 aliphatic heterocycles. The number of aromatic nitrogens is 1. The Morgan fingerprint density at radius 2 is 1.57 bits per heavy atom. The fraction of sp³-hybridized carbons (Fsp3) is 0.370. The van der Waals surface area contributed by atoms with Gasteiger partial charge in [0.15, 0.2) is 0 Å². The number of hydrogen-bond donors (Lipinski definition) is 2. The Morgan fingerprint density at radius 3 is 2.26 bits per heavy atom. The van der Waals surface area contributed by atoms with Gasteiger partial charge in [-0.15, -0.1) is 0 Å². The first-order valence-electron chi connectivity index (χ1n) is 11.7. The fourth-order valence-electron chi connectivity index (χ4n) is 4.91. The number of aliphatic hydroxyl groups excluding tert-OH is 1. The van der Waals surface area contributed by atoms with Gasteiger partial charge in [0.1, 0.15) is 28.8 Å². The van der Waals surface area contributed by atoms with Crippen LogP contribution < -0.4 is 24.7 Å². The summed E-state index contributed by atoms with van der Waals surface area (Å²) in [7, 11) is 3.24. The lowest BCUT2D eigenvalue weighted by Gasteiger charge is -2.41. The Labute approximate surface area is 204 Å². The van der Waals surface area contributed by atoms with E-state index in [2.05, 4.69) is 4.98 Å². The summed E-state index contributed by atoms with van der Waals surface area (Å²) in [6, 6.07) is 15.0. The van der Waals surface area contributed by atoms with Gasteiger partial charge in [-0.1, -0.05) is 0 Å². The molecule has 0 bridgehead atoms. The first-order valence-corrected chi connectivity index (χ1v) is 11.7. The molecule has 184 valence electrons. The smallest absolute Gasteiger partial charge is 0.125 e. The number of fused-ring (bicyclic) bond motifs is 2. The normalized spacial score (nSPS) is 22.8. The molecule has 4 atom stereocenters. The summed E-state index contributed by atoms with van der Waals surface area (Å²) in [5.41, 5.74) is 8.49. The van der Waals surface area contributed by atoms with Crippen molar-refractivity contribution in [2.75, 3.05) is 39.8 Å². The zero-order valence-corrected chi connectivity index (χ0v) is 19.8. The van der Waals surface area contributed by atoms with E-state index >= 15 is 0 Å². The second kappa shape index (κ2) is 10.0. The van der Waals surface area contributed by atoms with E-state index in [0.717, 1.165) is 22.6 Å². The third-order valence-electron chi connectivity index (χ3n) is 6.80. The van der Waals surface area contributed by atoms with Crippen LogP contribution in [0.25, 0.3) is 0 Å². The third kappa shape index (κ3) is 4.72. The number of pyridine rings is 1. The molecule has 0 aliphatic carbocycles. The molecule has 0 spiro atoms. The van der Waals surface area contributed by atoms with E-state index in [1.165, 1.54) is 0 Å². The first-order chi connectivity index (χ1) is 17.1. The number of benzene rings is 2. The van der Waals surface area contributed by atoms with Gasteiger partial charge in [0.2, 0.25) is 0 Å². The average molecular weight is 479 g/mol. The zero-order chi connectivity index (χ0) is 24.4. The van der Waals surface area contributed by atoms with Crippen molar-refractivity contribution >= 4 is 5.82 Å². The van der Waals surface area contributed by atoms with Crippen LogP contribution in [0.15, 0.2) is 54.7 Å². The molecule has 8 nitrogen and oxygen atoms in total. The van der Waals surface area contributed by atoms with E-state index in [1.54, 1.807) is 20.4 Å². The largest absolute Gasteiger partial charge is 0.497 e. The van der Waals surface area contributed by atoms with Crippen molar-refractivity contribution < 1.29 is 28.8 Å². The van der Waals surface area contributed by atoms with E-state index in [0.29, 0.717) is 49.1 Å². The third-order valence-corrected chi connectivity index (χ3v) is 6.80. The Balaban J connectivity index is 1.42. The molecular formula is C27H30N2O6. The second-order valence-electron chi connectivity index (χ2n) is 8.83. The van der Waals surface area contributed by atoms with Crippen LogP contribution in [0.4, 0.5) is 5.82 Å². The van der Waals surface area contributed by atoms with Crippen molar-refractivity contribution in [2.24, 2.45) is 11.8 Å². The molecule has 0 fully saturated rings. The van der Waals surface area contributed by atoms with Gasteiger partial charge >= 0.3 is 0 Å². The molecular weight excluding hydrogens is 448 g/mol. The number of rotatable bonds is 7. The van der Waals surface area contributed by atoms with Crippen molar-refractivity contribution in [3.05, 3.63) is 71.4 Å². The number of nitrogens with two attached hydrogens (primary N) is 1. The quantitative estimate of drug-likeness (QED) is 0.529. The molecule has 3 aromatic rings. The number of nitrogens with zero attached hydrogens (tertiary/aromatic N) is 1. The predicted octanol–water partition coefficient (Wildman–Crippen LogP) is 3.73. The molecule has 5 rings (SSSR count). The molecule has 0 amide bonds. The number of anilines is 1. The molecule has 35 heavy (non-hydrogen) atoms. The number of hydrogen-bond acceptors (Lipinski definition) is 8. The van der Waals surface area contributed by atoms with Crippen molar-refractivity contribution in [3.8, 4) is 23.0 Å². The minimum atomic E-state index is -0.749. The Kier molecular flexibility index (Phi) is 6.66. The van der Waals surface area contributed by atoms with Gasteiger partial charge in [0, 0.05) is 29.2 Å². The van der Waals surface area contributed by atoms with E-state index in [4.69, 9.17) is 29.4 Å². The van der Waals surface area contributed by atoms with Crippen molar-refractivity contribution in [1.82, 2.24) is 4.98 Å². The number of nitrogen functional groups attached to an aromatic ring is 1. The molecule has 0 saturated carbocycles. The Bertz CT molecular complexity index is 1190. The summed E-state index contributed by atoms with van der Waals surface area (Å²) in [4.78, 5) is 4.05. The standard InChI is InChI=1S/C27H30N2O6/c1-31-17-3-5-23-19(12-17)26(30)21(14-34-23)22-15-35-24-6-4-18(32-2)13-20(24)27(22)33-10-8-16-7-9-29-25(28)11-16/h3-7,9,11-13,21-22,26-27,30H,8,10,14-15H2,1-2H3,(H2,28,29)/t21-,22+,26-,27+/m1/s1. The lowest BCUT2D eigenvalue weighted by molar-refractivity contribution is -0.0833. The van der Waals surface area contributed by atoms with Crippen LogP contribution in [-0.2, 0) is 11.2 Å². The lowest BCUT2D eigenvalue weighted by Crippen LogP contribution is -2.41. The number of methoxy groups -OCH3 is 2. The number of ether oxygens (including phenoxy) is 5. The van der Waals surface area contributed by atoms with Gasteiger partial charge in [-0.3, -0.25) is 0 Å². The maximum absolute atomic E-state index is 11.4. The maximum Gasteiger partial charge on any atom is 0.125 e. The Hall–Kier alpha value is -3.49. The van der Waals surface area contributed by atoms with Crippen molar-refractivity contribution in [3.63, 3.8) is 0 Å². The fourth-order valence-corrected chi connectivity index (χ4v) is 4.91. The highest BCUT2D eigenvalue weighted by molar-refractivity contribution is 5.45. The number of aliphatic hydroxyl groups is 1. The van der Waals surface area contributed by atoms with Crippen LogP contribution in [0.2, 0.25) is 0 Å². The summed E-state index contributed by atoms with van der Waals surface area (Å²) in [6.45, 7) is 1.22. The minimum Gasteiger partial charge on any atom is -0.497 e. The molecule has 8 heteroatoms. The summed E-state index contributed by atoms with van der Waals surface area (Å²) in [5.74, 6) is 2.92. The van der Waals surface area contributed by atoms with Gasteiger partial charge in [-0.05, 0) is 60.5 Å². The second-order valence-corrected chi connectivity index (χ2v) is 8.83. The molecule has 2 aromatic carbocycles. The SMILES string of the molecule is COc1ccc2c(c1)[C@@H](O)[C@@H]([C@@H]1COc3ccc(OC)cc3[C@@H]1OCCc1ccnc(N)c1)CO2. The molecule has 0 saturated heterocycles. The van der Waals surface area contributed by atoms with E-state index in [9.17, 15) is 5.11 Å². The van der Waals surface area contributed by atoms with Crippen LogP contribution in [0.5, 0.6) is 23.0 Å². The van der Waals surface area contributed by atoms with Crippen molar-refractivity contribution in [2.45, 2.75) is 18.6 Å². The summed E-state index contributed by atoms with van der Waals surface area (Å²) in [5, 5.41) is 11.4. The van der Waals surface area contributed by atoms with E-state index in [-0.39, 0.29) is 17.9 Å². The predicted molar refractivity (Wildman–Crippen MR) is 130 cm³/mol. The van der Waals surface area contributed by atoms with E-state index in [1.807, 2.05) is 48.5 Å². The van der Waals surface area contributed by atoms with Crippen LogP contribution in [0.3, 0.4) is 0 Å². The van der Waals surface area contributed by atoms with Crippen molar-refractivity contribution in [1.29, 1.82) is 0 Å². The molecule has 2 aliphatic rings. The highest BCUT2D eigenvalue weighted by Crippen LogP contribution is 2.48. The molecule has 0 radical (unpaired) electrons. The summed E-state index contributed by atoms with van der Waals surface area (Å²) < 4.78 is 29.5. The Morgan fingerprint density at radius 1 is 0.914 bits per heavy atom. The minimum absolute atomic E-state index is 0.147. The van der Waals surface area contributed by atoms with Gasteiger partial charge < -0.3 is 34.5 Å². The van der Waals surface area contributed by atoms with Crippen LogP contribution in [0, 0.1) is 11.8 Å². The first kappa shape index (κ1) is 23.3. The van der Waals surface area contributed by atoms with Gasteiger partial charge in [-0.2, -0.15) is 0 Å². The van der Waals surface area contributed by atoms with Gasteiger partial charge in [0.05, 0.1) is 46.2 Å². The maximum atomic E-state index is 11.4. The summed E-state index contributed by atoms with van der Waals surface area (Å²) in [6.07, 6.45) is 1.31. The molecule has 3 N–H and O–H groups in total. The highest BCUT2D eigenvalue weighted by atomic mass is 16.5. The van der Waals surface area contributed by atoms with Gasteiger partial charge in [0.25, 0.3) is 0 Å². The summed E-state index contributed by atoms with van der Waals surface area (Å²) >= 11 is 0.